The van der Waals surface area contributed by atoms with Crippen molar-refractivity contribution in [2.75, 3.05) is 6.54 Å². The highest BCUT2D eigenvalue weighted by Gasteiger charge is 2.31. The van der Waals surface area contributed by atoms with Crippen LogP contribution < -0.4 is 5.32 Å². The van der Waals surface area contributed by atoms with E-state index in [0.717, 1.165) is 31.1 Å². The minimum Gasteiger partial charge on any atom is -0.349 e. The lowest BCUT2D eigenvalue weighted by atomic mass is 10.0. The summed E-state index contributed by atoms with van der Waals surface area (Å²) in [4.78, 5) is 7.42. The van der Waals surface area contributed by atoms with Gasteiger partial charge in [0, 0.05) is 24.9 Å². The summed E-state index contributed by atoms with van der Waals surface area (Å²) >= 11 is 0. The molecule has 0 amide bonds. The number of hydrogen-bond donors (Lipinski definition) is 2. The summed E-state index contributed by atoms with van der Waals surface area (Å²) < 4.78 is 0. The van der Waals surface area contributed by atoms with Gasteiger partial charge in [-0.2, -0.15) is 0 Å². The predicted molar refractivity (Wildman–Crippen MR) is 81.6 cm³/mol. The lowest BCUT2D eigenvalue weighted by molar-refractivity contribution is 0.474. The first-order valence-corrected chi connectivity index (χ1v) is 7.61. The first-order valence-electron chi connectivity index (χ1n) is 7.61. The third-order valence-electron chi connectivity index (χ3n) is 4.04. The molecule has 2 aromatic rings. The standard InChI is InChI=1S/C17H23N3/c1-13-4-6-14(7-5-13)17(15-8-9-15)20-10-2-3-16-18-11-12-19-16/h4-7,11-12,15,17,20H,2-3,8-10H2,1H3,(H,18,19). The molecular formula is C17H23N3. The van der Waals surface area contributed by atoms with Crippen LogP contribution in [0, 0.1) is 12.8 Å². The summed E-state index contributed by atoms with van der Waals surface area (Å²) in [5.74, 6) is 1.92. The number of hydrogen-bond acceptors (Lipinski definition) is 2. The number of nitrogens with zero attached hydrogens (tertiary/aromatic N) is 1. The Morgan fingerprint density at radius 3 is 2.75 bits per heavy atom. The van der Waals surface area contributed by atoms with Gasteiger partial charge in [0.05, 0.1) is 0 Å². The second-order valence-electron chi connectivity index (χ2n) is 5.82. The van der Waals surface area contributed by atoms with Crippen LogP contribution >= 0.6 is 0 Å². The quantitative estimate of drug-likeness (QED) is 0.756. The summed E-state index contributed by atoms with van der Waals surface area (Å²) in [6.07, 6.45) is 8.59. The van der Waals surface area contributed by atoms with Gasteiger partial charge in [-0.25, -0.2) is 4.98 Å². The van der Waals surface area contributed by atoms with Gasteiger partial charge in [-0.1, -0.05) is 29.8 Å². The molecular weight excluding hydrogens is 246 g/mol. The van der Waals surface area contributed by atoms with Gasteiger partial charge in [-0.3, -0.25) is 0 Å². The molecule has 0 spiro atoms. The molecule has 0 saturated heterocycles. The molecule has 1 aromatic heterocycles. The molecule has 3 nitrogen and oxygen atoms in total. The topological polar surface area (TPSA) is 40.7 Å². The maximum atomic E-state index is 4.26. The first-order chi connectivity index (χ1) is 9.83. The number of nitrogens with one attached hydrogen (secondary N) is 2. The molecule has 1 aliphatic carbocycles. The summed E-state index contributed by atoms with van der Waals surface area (Å²) in [5, 5.41) is 3.74. The van der Waals surface area contributed by atoms with Gasteiger partial charge in [0.2, 0.25) is 0 Å². The number of aryl methyl sites for hydroxylation is 2. The molecule has 2 N–H and O–H groups in total. The van der Waals surface area contributed by atoms with E-state index in [-0.39, 0.29) is 0 Å². The zero-order valence-corrected chi connectivity index (χ0v) is 12.1. The van der Waals surface area contributed by atoms with Crippen molar-refractivity contribution in [3.05, 3.63) is 53.6 Å². The molecule has 0 bridgehead atoms. The Balaban J connectivity index is 1.51. The molecule has 1 atom stereocenters. The Labute approximate surface area is 120 Å². The van der Waals surface area contributed by atoms with E-state index in [9.17, 15) is 0 Å². The number of aromatic amines is 1. The summed E-state index contributed by atoms with van der Waals surface area (Å²) in [5.41, 5.74) is 2.78. The second-order valence-corrected chi connectivity index (χ2v) is 5.82. The van der Waals surface area contributed by atoms with Gasteiger partial charge in [0.1, 0.15) is 5.82 Å². The molecule has 1 heterocycles. The highest BCUT2D eigenvalue weighted by Crippen LogP contribution is 2.40. The maximum Gasteiger partial charge on any atom is 0.106 e. The van der Waals surface area contributed by atoms with Crippen molar-refractivity contribution in [3.63, 3.8) is 0 Å². The smallest absolute Gasteiger partial charge is 0.106 e. The number of imidazole rings is 1. The summed E-state index contributed by atoms with van der Waals surface area (Å²) in [7, 11) is 0. The van der Waals surface area contributed by atoms with E-state index in [1.807, 2.05) is 12.4 Å². The van der Waals surface area contributed by atoms with E-state index in [1.165, 1.54) is 24.0 Å². The van der Waals surface area contributed by atoms with E-state index < -0.39 is 0 Å². The third kappa shape index (κ3) is 3.48. The molecule has 1 aliphatic rings. The number of aromatic nitrogens is 2. The Bertz CT molecular complexity index is 512. The SMILES string of the molecule is Cc1ccc(C(NCCCc2ncc[nH]2)C2CC2)cc1. The van der Waals surface area contributed by atoms with Crippen LogP contribution in [0.1, 0.15) is 42.3 Å². The molecule has 3 rings (SSSR count). The molecule has 20 heavy (non-hydrogen) atoms. The van der Waals surface area contributed by atoms with Crippen molar-refractivity contribution in [2.45, 2.75) is 38.6 Å². The van der Waals surface area contributed by atoms with Crippen molar-refractivity contribution in [1.82, 2.24) is 15.3 Å². The van der Waals surface area contributed by atoms with Gasteiger partial charge in [0.15, 0.2) is 0 Å². The molecule has 3 heteroatoms. The highest BCUT2D eigenvalue weighted by atomic mass is 14.9. The average molecular weight is 269 g/mol. The first kappa shape index (κ1) is 13.4. The molecule has 0 aliphatic heterocycles. The van der Waals surface area contributed by atoms with Crippen LogP contribution in [-0.2, 0) is 6.42 Å². The molecule has 1 saturated carbocycles. The minimum atomic E-state index is 0.534. The van der Waals surface area contributed by atoms with Gasteiger partial charge < -0.3 is 10.3 Å². The molecule has 0 radical (unpaired) electrons. The van der Waals surface area contributed by atoms with Crippen LogP contribution in [0.4, 0.5) is 0 Å². The predicted octanol–water partition coefficient (Wildman–Crippen LogP) is 3.39. The normalized spacial score (nSPS) is 16.2. The largest absolute Gasteiger partial charge is 0.349 e. The fourth-order valence-corrected chi connectivity index (χ4v) is 2.71. The van der Waals surface area contributed by atoms with E-state index >= 15 is 0 Å². The van der Waals surface area contributed by atoms with Crippen LogP contribution in [0.15, 0.2) is 36.7 Å². The number of benzene rings is 1. The Morgan fingerprint density at radius 2 is 2.10 bits per heavy atom. The fourth-order valence-electron chi connectivity index (χ4n) is 2.71. The van der Waals surface area contributed by atoms with Crippen molar-refractivity contribution < 1.29 is 0 Å². The van der Waals surface area contributed by atoms with Gasteiger partial charge in [0.25, 0.3) is 0 Å². The van der Waals surface area contributed by atoms with Crippen LogP contribution in [0.2, 0.25) is 0 Å². The third-order valence-corrected chi connectivity index (χ3v) is 4.04. The van der Waals surface area contributed by atoms with Crippen LogP contribution in [0.25, 0.3) is 0 Å². The number of H-pyrrole nitrogens is 1. The van der Waals surface area contributed by atoms with Crippen LogP contribution in [0.5, 0.6) is 0 Å². The van der Waals surface area contributed by atoms with E-state index in [4.69, 9.17) is 0 Å². The molecule has 106 valence electrons. The Hall–Kier alpha value is -1.61. The van der Waals surface area contributed by atoms with E-state index in [2.05, 4.69) is 46.5 Å². The zero-order valence-electron chi connectivity index (χ0n) is 12.1. The second kappa shape index (κ2) is 6.23. The Kier molecular flexibility index (Phi) is 4.16. The summed E-state index contributed by atoms with van der Waals surface area (Å²) in [6, 6.07) is 9.52. The summed E-state index contributed by atoms with van der Waals surface area (Å²) in [6.45, 7) is 3.20. The zero-order chi connectivity index (χ0) is 13.8. The van der Waals surface area contributed by atoms with E-state index in [0.29, 0.717) is 6.04 Å². The van der Waals surface area contributed by atoms with Crippen LogP contribution in [-0.4, -0.2) is 16.5 Å². The van der Waals surface area contributed by atoms with Gasteiger partial charge >= 0.3 is 0 Å². The minimum absolute atomic E-state index is 0.534. The van der Waals surface area contributed by atoms with Gasteiger partial charge in [-0.15, -0.1) is 0 Å². The molecule has 1 aromatic carbocycles. The monoisotopic (exact) mass is 269 g/mol. The molecule has 1 fully saturated rings. The lowest BCUT2D eigenvalue weighted by Crippen LogP contribution is -2.24. The van der Waals surface area contributed by atoms with E-state index in [1.54, 1.807) is 0 Å². The van der Waals surface area contributed by atoms with Crippen molar-refractivity contribution in [1.29, 1.82) is 0 Å². The van der Waals surface area contributed by atoms with Gasteiger partial charge in [-0.05, 0) is 44.2 Å². The fraction of sp³-hybridized carbons (Fsp3) is 0.471. The van der Waals surface area contributed by atoms with Crippen LogP contribution in [0.3, 0.4) is 0 Å². The Morgan fingerprint density at radius 1 is 1.30 bits per heavy atom. The highest BCUT2D eigenvalue weighted by molar-refractivity contribution is 5.25. The molecule has 1 unspecified atom stereocenters. The maximum absolute atomic E-state index is 4.26. The van der Waals surface area contributed by atoms with Crippen molar-refractivity contribution >= 4 is 0 Å². The van der Waals surface area contributed by atoms with Crippen molar-refractivity contribution in [3.8, 4) is 0 Å². The lowest BCUT2D eigenvalue weighted by Gasteiger charge is -2.19. The van der Waals surface area contributed by atoms with Crippen molar-refractivity contribution in [2.24, 2.45) is 5.92 Å². The number of rotatable bonds is 7. The average Bonchev–Trinajstić information content (AvgIpc) is 3.16.